The molecule has 0 bridgehead atoms. The third-order valence-electron chi connectivity index (χ3n) is 5.00. The van der Waals surface area contributed by atoms with Crippen LogP contribution in [-0.4, -0.2) is 27.9 Å². The monoisotopic (exact) mass is 432 g/mol. The molecule has 0 fully saturated rings. The predicted molar refractivity (Wildman–Crippen MR) is 104 cm³/mol. The van der Waals surface area contributed by atoms with Gasteiger partial charge in [-0.25, -0.2) is 0 Å². The Hall–Kier alpha value is -3.69. The fourth-order valence-corrected chi connectivity index (χ4v) is 3.54. The van der Waals surface area contributed by atoms with E-state index in [1.165, 1.54) is 40.1 Å². The van der Waals surface area contributed by atoms with Gasteiger partial charge < -0.3 is 14.8 Å². The molecule has 10 heteroatoms. The summed E-state index contributed by atoms with van der Waals surface area (Å²) in [6.45, 7) is 1.72. The maximum atomic E-state index is 14.6. The number of alkyl halides is 3. The van der Waals surface area contributed by atoms with E-state index in [2.05, 4.69) is 10.3 Å². The molecule has 4 rings (SSSR count). The zero-order valence-electron chi connectivity index (χ0n) is 16.2. The number of hydrogen-bond acceptors (Lipinski definition) is 3. The van der Waals surface area contributed by atoms with Crippen molar-refractivity contribution in [2.75, 3.05) is 16.8 Å². The molecule has 0 unspecified atom stereocenters. The number of nitrogens with one attached hydrogen (secondary N) is 1. The molecule has 1 aromatic carbocycles. The number of benzene rings is 1. The van der Waals surface area contributed by atoms with Crippen molar-refractivity contribution in [3.05, 3.63) is 77.6 Å². The quantitative estimate of drug-likeness (QED) is 0.619. The van der Waals surface area contributed by atoms with Crippen molar-refractivity contribution < 1.29 is 27.2 Å². The zero-order valence-corrected chi connectivity index (χ0v) is 16.2. The van der Waals surface area contributed by atoms with Gasteiger partial charge in [-0.05, 0) is 43.3 Å². The van der Waals surface area contributed by atoms with Gasteiger partial charge in [-0.15, -0.1) is 0 Å². The lowest BCUT2D eigenvalue weighted by Gasteiger charge is -2.33. The topological polar surface area (TPSA) is 67.2 Å². The summed E-state index contributed by atoms with van der Waals surface area (Å²) in [6.07, 6.45) is -1.68. The first-order valence-electron chi connectivity index (χ1n) is 9.28. The fraction of sp³-hybridized carbons (Fsp3) is 0.190. The lowest BCUT2D eigenvalue weighted by atomic mass is 10.1. The van der Waals surface area contributed by atoms with Crippen molar-refractivity contribution in [3.63, 3.8) is 0 Å². The molecule has 3 aromatic rings. The first-order valence-corrected chi connectivity index (χ1v) is 9.28. The lowest BCUT2D eigenvalue weighted by molar-refractivity contribution is -0.137. The summed E-state index contributed by atoms with van der Waals surface area (Å²) in [5, 5.41) is 2.52. The van der Waals surface area contributed by atoms with Crippen LogP contribution < -0.4 is 10.2 Å². The second-order valence-electron chi connectivity index (χ2n) is 7.10. The van der Waals surface area contributed by atoms with Gasteiger partial charge in [-0.3, -0.25) is 14.6 Å². The minimum Gasteiger partial charge on any atom is -0.320 e. The minimum absolute atomic E-state index is 0.0279. The molecular formula is C21H16F4N4O2. The van der Waals surface area contributed by atoms with Crippen LogP contribution in [0.5, 0.6) is 0 Å². The fourth-order valence-electron chi connectivity index (χ4n) is 3.54. The van der Waals surface area contributed by atoms with Crippen LogP contribution in [0.25, 0.3) is 0 Å². The summed E-state index contributed by atoms with van der Waals surface area (Å²) in [6, 6.07) is 7.75. The number of pyridine rings is 1. The minimum atomic E-state index is -4.50. The first kappa shape index (κ1) is 20.6. The van der Waals surface area contributed by atoms with Crippen LogP contribution in [-0.2, 0) is 6.18 Å². The van der Waals surface area contributed by atoms with E-state index in [1.807, 2.05) is 0 Å². The van der Waals surface area contributed by atoms with Crippen molar-refractivity contribution in [3.8, 4) is 0 Å². The van der Waals surface area contributed by atoms with Gasteiger partial charge in [0.25, 0.3) is 11.8 Å². The molecule has 6 nitrogen and oxygen atoms in total. The highest BCUT2D eigenvalue weighted by Crippen LogP contribution is 2.35. The predicted octanol–water partition coefficient (Wildman–Crippen LogP) is 4.51. The summed E-state index contributed by atoms with van der Waals surface area (Å²) in [5.41, 5.74) is -0.498. The Morgan fingerprint density at radius 3 is 2.52 bits per heavy atom. The highest BCUT2D eigenvalue weighted by molar-refractivity contribution is 6.13. The number of halogens is 4. The Morgan fingerprint density at radius 1 is 1.19 bits per heavy atom. The van der Waals surface area contributed by atoms with Gasteiger partial charge >= 0.3 is 6.18 Å². The normalized spacial score (nSPS) is 16.2. The van der Waals surface area contributed by atoms with Crippen LogP contribution in [0, 0.1) is 5.95 Å². The van der Waals surface area contributed by atoms with Crippen molar-refractivity contribution in [2.24, 2.45) is 0 Å². The van der Waals surface area contributed by atoms with E-state index in [0.717, 1.165) is 18.2 Å². The molecule has 0 saturated heterocycles. The number of rotatable bonds is 3. The average Bonchev–Trinajstić information content (AvgIpc) is 3.07. The number of hydrogen-bond donors (Lipinski definition) is 1. The Morgan fingerprint density at radius 2 is 1.90 bits per heavy atom. The molecule has 0 aliphatic carbocycles. The number of carbonyl (C=O) groups excluding carboxylic acids is 2. The Labute approximate surface area is 174 Å². The molecule has 1 N–H and O–H groups in total. The summed E-state index contributed by atoms with van der Waals surface area (Å²) >= 11 is 0. The Bertz CT molecular complexity index is 1140. The van der Waals surface area contributed by atoms with Gasteiger partial charge in [0.1, 0.15) is 5.69 Å². The molecule has 1 atom stereocenters. The SMILES string of the molecule is C[C@H]1CN(c2ccc(C(F)(F)F)cc2)C(=O)c2c(NC(=O)c3cccnc3)cc(F)n21. The summed E-state index contributed by atoms with van der Waals surface area (Å²) < 4.78 is 54.3. The van der Waals surface area contributed by atoms with Crippen molar-refractivity contribution in [1.82, 2.24) is 9.55 Å². The summed E-state index contributed by atoms with van der Waals surface area (Å²) in [4.78, 5) is 30.7. The Balaban J connectivity index is 1.68. The molecule has 0 saturated carbocycles. The van der Waals surface area contributed by atoms with Crippen molar-refractivity contribution in [2.45, 2.75) is 19.1 Å². The second kappa shape index (κ2) is 7.53. The average molecular weight is 432 g/mol. The van der Waals surface area contributed by atoms with E-state index < -0.39 is 35.5 Å². The van der Waals surface area contributed by atoms with Crippen LogP contribution in [0.2, 0.25) is 0 Å². The summed E-state index contributed by atoms with van der Waals surface area (Å²) in [7, 11) is 0. The van der Waals surface area contributed by atoms with E-state index in [9.17, 15) is 27.2 Å². The second-order valence-corrected chi connectivity index (χ2v) is 7.10. The molecule has 0 spiro atoms. The van der Waals surface area contributed by atoms with E-state index in [0.29, 0.717) is 0 Å². The number of nitrogens with zero attached hydrogens (tertiary/aromatic N) is 3. The molecule has 160 valence electrons. The van der Waals surface area contributed by atoms with E-state index in [-0.39, 0.29) is 29.2 Å². The molecule has 1 aliphatic heterocycles. The zero-order chi connectivity index (χ0) is 22.3. The van der Waals surface area contributed by atoms with Crippen molar-refractivity contribution in [1.29, 1.82) is 0 Å². The van der Waals surface area contributed by atoms with Crippen LogP contribution in [0.3, 0.4) is 0 Å². The Kier molecular flexibility index (Phi) is 5.00. The lowest BCUT2D eigenvalue weighted by Crippen LogP contribution is -2.43. The van der Waals surface area contributed by atoms with Gasteiger partial charge in [0.2, 0.25) is 0 Å². The number of aromatic nitrogens is 2. The smallest absolute Gasteiger partial charge is 0.320 e. The van der Waals surface area contributed by atoms with Crippen molar-refractivity contribution >= 4 is 23.2 Å². The first-order chi connectivity index (χ1) is 14.7. The number of carbonyl (C=O) groups is 2. The van der Waals surface area contributed by atoms with Gasteiger partial charge in [0.15, 0.2) is 5.95 Å². The third-order valence-corrected chi connectivity index (χ3v) is 5.00. The molecule has 0 radical (unpaired) electrons. The van der Waals surface area contributed by atoms with Crippen LogP contribution in [0.1, 0.15) is 39.4 Å². The molecule has 31 heavy (non-hydrogen) atoms. The highest BCUT2D eigenvalue weighted by Gasteiger charge is 2.36. The van der Waals surface area contributed by atoms with Gasteiger partial charge in [-0.1, -0.05) is 0 Å². The molecule has 1 aliphatic rings. The van der Waals surface area contributed by atoms with Crippen LogP contribution in [0.15, 0.2) is 54.9 Å². The molecule has 2 amide bonds. The van der Waals surface area contributed by atoms with Crippen LogP contribution >= 0.6 is 0 Å². The molecular weight excluding hydrogens is 416 g/mol. The van der Waals surface area contributed by atoms with E-state index in [1.54, 1.807) is 13.0 Å². The number of fused-ring (bicyclic) bond motifs is 1. The van der Waals surface area contributed by atoms with Gasteiger partial charge in [-0.2, -0.15) is 17.6 Å². The van der Waals surface area contributed by atoms with Gasteiger partial charge in [0, 0.05) is 30.7 Å². The van der Waals surface area contributed by atoms with Gasteiger partial charge in [0.05, 0.1) is 22.9 Å². The maximum absolute atomic E-state index is 14.6. The largest absolute Gasteiger partial charge is 0.416 e. The maximum Gasteiger partial charge on any atom is 0.416 e. The standard InChI is InChI=1S/C21H16F4N4O2/c1-12-11-28(15-6-4-14(5-7-15)21(23,24)25)20(31)18-16(9-17(22)29(12)18)27-19(30)13-3-2-8-26-10-13/h2-10,12H,11H2,1H3,(H,27,30)/t12-/m0/s1. The summed E-state index contributed by atoms with van der Waals surface area (Å²) in [5.74, 6) is -1.92. The van der Waals surface area contributed by atoms with E-state index >= 15 is 0 Å². The van der Waals surface area contributed by atoms with E-state index in [4.69, 9.17) is 0 Å². The highest BCUT2D eigenvalue weighted by atomic mass is 19.4. The number of anilines is 2. The molecule has 3 heterocycles. The third kappa shape index (κ3) is 3.76. The molecule has 2 aromatic heterocycles. The number of amides is 2. The van der Waals surface area contributed by atoms with Crippen LogP contribution in [0.4, 0.5) is 28.9 Å².